The van der Waals surface area contributed by atoms with Gasteiger partial charge in [-0.25, -0.2) is 0 Å². The molecule has 6 heteroatoms. The predicted molar refractivity (Wildman–Crippen MR) is 235 cm³/mol. The first-order valence-electron chi connectivity index (χ1n) is 19.6. The molecule has 12 rings (SSSR count). The maximum Gasteiger partial charge on any atom is 0.155 e. The van der Waals surface area contributed by atoms with Crippen molar-refractivity contribution in [3.8, 4) is 33.8 Å². The summed E-state index contributed by atoms with van der Waals surface area (Å²) in [5.41, 5.74) is 16.3. The summed E-state index contributed by atoms with van der Waals surface area (Å²) in [7, 11) is 0. The molecule has 0 saturated carbocycles. The van der Waals surface area contributed by atoms with Crippen molar-refractivity contribution in [2.45, 2.75) is 19.3 Å². The number of allylic oxidation sites excluding steroid dienone is 2. The minimum atomic E-state index is -0.500. The second-order valence-electron chi connectivity index (χ2n) is 15.2. The molecule has 0 bridgehead atoms. The van der Waals surface area contributed by atoms with Crippen molar-refractivity contribution in [3.63, 3.8) is 0 Å². The first-order valence-corrected chi connectivity index (χ1v) is 19.6. The quantitative estimate of drug-likeness (QED) is 0.109. The molecule has 7 aromatic carbocycles. The number of ketones is 1. The van der Waals surface area contributed by atoms with Gasteiger partial charge in [0, 0.05) is 71.7 Å². The maximum absolute atomic E-state index is 10.0. The largest absolute Gasteiger partial charge is 0.512 e. The number of fused-ring (bicyclic) bond motifs is 16. The van der Waals surface area contributed by atoms with Crippen molar-refractivity contribution in [1.29, 1.82) is 0 Å². The topological polar surface area (TPSA) is 60.0 Å². The number of nitrogens with zero attached hydrogens (tertiary/aromatic N) is 3. The van der Waals surface area contributed by atoms with Gasteiger partial charge in [-0.05, 0) is 96.4 Å². The standard InChI is InChI=1S/C48H28N3.C5H8O2.Pt/c1-6-17-39-36(16-1)47-42(18-11-27-49-47)48(39)40-25-23-30(50-43-19-7-2-12-32(43)33-13-3-8-20-44(33)50)28-37(40)38-29-31(24-26-41(38)48)51-45-21-9-4-14-34(45)35-15-5-10-22-46(35)51;1-4(6)3-5(2)7;/h1-15,17-29H;3,6H,1-2H3;/q-1;;/b;4-3-;. The second kappa shape index (κ2) is 13.9. The number of benzene rings is 7. The molecule has 1 spiro atoms. The van der Waals surface area contributed by atoms with Crippen LogP contribution in [0.5, 0.6) is 0 Å². The molecule has 0 unspecified atom stereocenters. The van der Waals surface area contributed by atoms with Gasteiger partial charge in [-0.3, -0.25) is 4.79 Å². The molecule has 2 aliphatic rings. The number of rotatable bonds is 3. The summed E-state index contributed by atoms with van der Waals surface area (Å²) < 4.78 is 4.86. The van der Waals surface area contributed by atoms with Crippen LogP contribution in [0.1, 0.15) is 36.1 Å². The predicted octanol–water partition coefficient (Wildman–Crippen LogP) is 12.5. The van der Waals surface area contributed by atoms with E-state index in [2.05, 4.69) is 173 Å². The molecular weight excluding hydrogens is 906 g/mol. The molecule has 3 aromatic heterocycles. The Labute approximate surface area is 355 Å². The minimum absolute atomic E-state index is 0. The van der Waals surface area contributed by atoms with Crippen LogP contribution in [0.3, 0.4) is 0 Å². The normalized spacial score (nSPS) is 13.2. The molecule has 1 N–H and O–H groups in total. The SMILES string of the molecule is CC(=O)/C=C(/C)O.[Pt].[c-]1cccc2c1-c1ncccc1C21c2ccc(-n3c4ccccc4c4ccccc43)cc2-c2cc(-n3c4ccccc4c4ccccc43)ccc21. The Morgan fingerprint density at radius 1 is 0.576 bits per heavy atom. The maximum atomic E-state index is 10.0. The third-order valence-corrected chi connectivity index (χ3v) is 11.9. The van der Waals surface area contributed by atoms with Crippen LogP contribution in [0.2, 0.25) is 0 Å². The van der Waals surface area contributed by atoms with Gasteiger partial charge in [0.2, 0.25) is 0 Å². The van der Waals surface area contributed by atoms with Gasteiger partial charge in [0.25, 0.3) is 0 Å². The number of pyridine rings is 1. The van der Waals surface area contributed by atoms with E-state index in [0.717, 1.165) is 22.6 Å². The fourth-order valence-electron chi connectivity index (χ4n) is 9.86. The van der Waals surface area contributed by atoms with Crippen molar-refractivity contribution in [2.24, 2.45) is 0 Å². The molecule has 5 nitrogen and oxygen atoms in total. The molecule has 0 radical (unpaired) electrons. The van der Waals surface area contributed by atoms with Gasteiger partial charge in [-0.2, -0.15) is 0 Å². The van der Waals surface area contributed by atoms with E-state index in [1.165, 1.54) is 96.9 Å². The van der Waals surface area contributed by atoms with Gasteiger partial charge >= 0.3 is 0 Å². The summed E-state index contributed by atoms with van der Waals surface area (Å²) in [4.78, 5) is 15.0. The van der Waals surface area contributed by atoms with Crippen molar-refractivity contribution in [3.05, 3.63) is 210 Å². The average Bonchev–Trinajstić information content (AvgIpc) is 3.95. The smallest absolute Gasteiger partial charge is 0.155 e. The first-order chi connectivity index (χ1) is 28.4. The van der Waals surface area contributed by atoms with E-state index in [9.17, 15) is 4.79 Å². The Kier molecular flexibility index (Phi) is 8.63. The Morgan fingerprint density at radius 2 is 1.03 bits per heavy atom. The summed E-state index contributed by atoms with van der Waals surface area (Å²) in [5.74, 6) is -0.0625. The van der Waals surface area contributed by atoms with Crippen molar-refractivity contribution < 1.29 is 31.0 Å². The second-order valence-corrected chi connectivity index (χ2v) is 15.2. The van der Waals surface area contributed by atoms with E-state index in [1.54, 1.807) is 0 Å². The fourth-order valence-corrected chi connectivity index (χ4v) is 9.86. The van der Waals surface area contributed by atoms with Crippen LogP contribution in [0.15, 0.2) is 182 Å². The molecule has 0 atom stereocenters. The van der Waals surface area contributed by atoms with Gasteiger partial charge < -0.3 is 19.2 Å². The molecular formula is C53H36N3O2Pt-. The number of aromatic nitrogens is 3. The zero-order valence-corrected chi connectivity index (χ0v) is 34.5. The molecule has 10 aromatic rings. The number of hydrogen-bond donors (Lipinski definition) is 1. The molecule has 0 fully saturated rings. The van der Waals surface area contributed by atoms with Crippen LogP contribution >= 0.6 is 0 Å². The number of carbonyl (C=O) groups excluding carboxylic acids is 1. The van der Waals surface area contributed by atoms with Gasteiger partial charge in [-0.1, -0.05) is 96.6 Å². The Bertz CT molecular complexity index is 3050. The Balaban J connectivity index is 0.000000486. The number of para-hydroxylation sites is 4. The van der Waals surface area contributed by atoms with Gasteiger partial charge in [0.15, 0.2) is 5.78 Å². The monoisotopic (exact) mass is 941 g/mol. The molecule has 0 amide bonds. The zero-order chi connectivity index (χ0) is 39.1. The van der Waals surface area contributed by atoms with Crippen LogP contribution in [-0.2, 0) is 31.3 Å². The van der Waals surface area contributed by atoms with Crippen molar-refractivity contribution in [2.75, 3.05) is 0 Å². The van der Waals surface area contributed by atoms with E-state index in [4.69, 9.17) is 10.1 Å². The molecule has 0 saturated heterocycles. The van der Waals surface area contributed by atoms with E-state index in [-0.39, 0.29) is 32.6 Å². The summed E-state index contributed by atoms with van der Waals surface area (Å²) in [6.45, 7) is 2.85. The van der Waals surface area contributed by atoms with Crippen LogP contribution < -0.4 is 0 Å². The van der Waals surface area contributed by atoms with E-state index >= 15 is 0 Å². The van der Waals surface area contributed by atoms with Gasteiger partial charge in [0.1, 0.15) is 0 Å². The van der Waals surface area contributed by atoms with Crippen molar-refractivity contribution >= 4 is 49.4 Å². The fraction of sp³-hybridized carbons (Fsp3) is 0.0566. The third-order valence-electron chi connectivity index (χ3n) is 11.9. The van der Waals surface area contributed by atoms with E-state index in [1.807, 2.05) is 12.3 Å². The van der Waals surface area contributed by atoms with Crippen LogP contribution in [-0.4, -0.2) is 25.0 Å². The molecule has 2 aliphatic carbocycles. The molecule has 0 aliphatic heterocycles. The average molecular weight is 942 g/mol. The number of aliphatic hydroxyl groups is 1. The van der Waals surface area contributed by atoms with E-state index < -0.39 is 5.41 Å². The minimum Gasteiger partial charge on any atom is -0.512 e. The summed E-state index contributed by atoms with van der Waals surface area (Å²) in [5, 5.41) is 13.4. The Morgan fingerprint density at radius 3 is 1.47 bits per heavy atom. The zero-order valence-electron chi connectivity index (χ0n) is 32.3. The number of carbonyl (C=O) groups is 1. The summed E-state index contributed by atoms with van der Waals surface area (Å²) in [6.07, 6.45) is 3.08. The number of aliphatic hydroxyl groups excluding tert-OH is 1. The summed E-state index contributed by atoms with van der Waals surface area (Å²) in [6, 6.07) is 63.7. The summed E-state index contributed by atoms with van der Waals surface area (Å²) >= 11 is 0. The van der Waals surface area contributed by atoms with Gasteiger partial charge in [-0.15, -0.1) is 35.4 Å². The van der Waals surface area contributed by atoms with Crippen LogP contribution in [0.25, 0.3) is 77.4 Å². The van der Waals surface area contributed by atoms with Crippen LogP contribution in [0, 0.1) is 6.07 Å². The Hall–Kier alpha value is -6.81. The third kappa shape index (κ3) is 5.28. The van der Waals surface area contributed by atoms with Gasteiger partial charge in [0.05, 0.1) is 27.8 Å². The number of hydrogen-bond acceptors (Lipinski definition) is 3. The molecule has 3 heterocycles. The molecule has 59 heavy (non-hydrogen) atoms. The van der Waals surface area contributed by atoms with Crippen molar-refractivity contribution in [1.82, 2.24) is 14.1 Å². The van der Waals surface area contributed by atoms with E-state index in [0.29, 0.717) is 0 Å². The van der Waals surface area contributed by atoms with Crippen LogP contribution in [0.4, 0.5) is 0 Å². The molecule has 286 valence electrons. The first kappa shape index (κ1) is 36.5.